The third kappa shape index (κ3) is 5.22. The maximum Gasteiger partial charge on any atom is 0.267 e. The number of nitrogens with one attached hydrogen (secondary N) is 1. The Kier molecular flexibility index (Phi) is 6.69. The van der Waals surface area contributed by atoms with Gasteiger partial charge in [0.05, 0.1) is 18.8 Å². The Morgan fingerprint density at radius 3 is 2.89 bits per heavy atom. The van der Waals surface area contributed by atoms with Gasteiger partial charge in [0.25, 0.3) is 5.91 Å². The Hall–Kier alpha value is -2.55. The van der Waals surface area contributed by atoms with E-state index in [4.69, 9.17) is 5.21 Å². The van der Waals surface area contributed by atoms with Gasteiger partial charge in [0.1, 0.15) is 5.69 Å². The summed E-state index contributed by atoms with van der Waals surface area (Å²) in [6, 6.07) is 10.7. The molecule has 2 atom stereocenters. The number of carbonyl (C=O) groups excluding carboxylic acids is 1. The van der Waals surface area contributed by atoms with Gasteiger partial charge in [-0.25, -0.2) is 10.2 Å². The van der Waals surface area contributed by atoms with Crippen LogP contribution in [0.2, 0.25) is 0 Å². The van der Waals surface area contributed by atoms with E-state index in [1.807, 2.05) is 6.07 Å². The number of rotatable bonds is 8. The molecule has 0 aliphatic carbocycles. The van der Waals surface area contributed by atoms with Gasteiger partial charge in [-0.05, 0) is 37.4 Å². The van der Waals surface area contributed by atoms with Crippen LogP contribution in [0, 0.1) is 0 Å². The van der Waals surface area contributed by atoms with Crippen LogP contribution in [0.4, 0.5) is 0 Å². The van der Waals surface area contributed by atoms with Gasteiger partial charge in [0, 0.05) is 18.7 Å². The van der Waals surface area contributed by atoms with Crippen LogP contribution in [0.15, 0.2) is 42.6 Å². The van der Waals surface area contributed by atoms with Crippen LogP contribution >= 0.6 is 0 Å². The molecule has 1 aliphatic heterocycles. The second-order valence-electron chi connectivity index (χ2n) is 6.74. The van der Waals surface area contributed by atoms with Crippen molar-refractivity contribution < 1.29 is 15.1 Å². The summed E-state index contributed by atoms with van der Waals surface area (Å²) in [6.45, 7) is 1.86. The topological polar surface area (TPSA) is 104 Å². The fraction of sp³-hybridized carbons (Fsp3) is 0.421. The zero-order chi connectivity index (χ0) is 19.1. The van der Waals surface area contributed by atoms with Crippen LogP contribution in [-0.4, -0.2) is 61.9 Å². The molecule has 0 saturated carbocycles. The molecular formula is C19H25N5O3. The molecule has 1 aromatic carbocycles. The lowest BCUT2D eigenvalue weighted by molar-refractivity contribution is -0.124. The standard InChI is InChI=1S/C19H25N5O3/c25-14-18-11-17(24-12-16(20-22-24)8-9-19(26)21-27)13-23(18)10-4-7-15-5-2-1-3-6-15/h1-3,5-6,8-9,12,17-18,25,27H,4,7,10-11,13-14H2,(H,21,26)/b9-8+/t17-,18+/m1/s1. The highest BCUT2D eigenvalue weighted by atomic mass is 16.5. The lowest BCUT2D eigenvalue weighted by Gasteiger charge is -2.22. The van der Waals surface area contributed by atoms with Crippen molar-refractivity contribution in [2.45, 2.75) is 31.3 Å². The van der Waals surface area contributed by atoms with Crippen molar-refractivity contribution >= 4 is 12.0 Å². The van der Waals surface area contributed by atoms with E-state index >= 15 is 0 Å². The molecule has 2 heterocycles. The van der Waals surface area contributed by atoms with Gasteiger partial charge >= 0.3 is 0 Å². The monoisotopic (exact) mass is 371 g/mol. The van der Waals surface area contributed by atoms with Gasteiger partial charge in [0.2, 0.25) is 0 Å². The molecule has 0 unspecified atom stereocenters. The first-order chi connectivity index (χ1) is 13.2. The van der Waals surface area contributed by atoms with Gasteiger partial charge in [-0.1, -0.05) is 35.5 Å². The lowest BCUT2D eigenvalue weighted by Crippen LogP contribution is -2.33. The van der Waals surface area contributed by atoms with E-state index in [9.17, 15) is 9.90 Å². The van der Waals surface area contributed by atoms with Gasteiger partial charge in [0.15, 0.2) is 0 Å². The van der Waals surface area contributed by atoms with Crippen molar-refractivity contribution in [2.24, 2.45) is 0 Å². The molecule has 1 aromatic heterocycles. The summed E-state index contributed by atoms with van der Waals surface area (Å²) in [5.41, 5.74) is 3.40. The summed E-state index contributed by atoms with van der Waals surface area (Å²) in [6.07, 6.45) is 7.32. The third-order valence-corrected chi connectivity index (χ3v) is 4.89. The SMILES string of the molecule is O=C(/C=C/c1cn([C@@H]2C[C@@H](CO)N(CCCc3ccccc3)C2)nn1)NO. The van der Waals surface area contributed by atoms with Crippen LogP contribution < -0.4 is 5.48 Å². The van der Waals surface area contributed by atoms with Crippen molar-refractivity contribution in [3.63, 3.8) is 0 Å². The molecule has 8 heteroatoms. The molecule has 0 radical (unpaired) electrons. The van der Waals surface area contributed by atoms with E-state index in [0.29, 0.717) is 5.69 Å². The number of hydrogen-bond donors (Lipinski definition) is 3. The molecule has 1 fully saturated rings. The molecule has 3 N–H and O–H groups in total. The Morgan fingerprint density at radius 1 is 1.33 bits per heavy atom. The van der Waals surface area contributed by atoms with Crippen molar-refractivity contribution in [3.8, 4) is 0 Å². The van der Waals surface area contributed by atoms with Crippen LogP contribution in [0.25, 0.3) is 6.08 Å². The molecule has 3 rings (SSSR count). The number of carbonyl (C=O) groups is 1. The second kappa shape index (κ2) is 9.40. The Balaban J connectivity index is 1.55. The fourth-order valence-corrected chi connectivity index (χ4v) is 3.49. The molecule has 8 nitrogen and oxygen atoms in total. The Labute approximate surface area is 158 Å². The smallest absolute Gasteiger partial charge is 0.267 e. The highest BCUT2D eigenvalue weighted by Gasteiger charge is 2.32. The normalized spacial score (nSPS) is 20.4. The zero-order valence-corrected chi connectivity index (χ0v) is 15.1. The average molecular weight is 371 g/mol. The number of benzene rings is 1. The van der Waals surface area contributed by atoms with Crippen molar-refractivity contribution in [3.05, 3.63) is 53.9 Å². The third-order valence-electron chi connectivity index (χ3n) is 4.89. The molecule has 1 amide bonds. The number of aryl methyl sites for hydroxylation is 1. The minimum atomic E-state index is -0.615. The van der Waals surface area contributed by atoms with Gasteiger partial charge in [-0.15, -0.1) is 5.10 Å². The summed E-state index contributed by atoms with van der Waals surface area (Å²) in [7, 11) is 0. The number of nitrogens with zero attached hydrogens (tertiary/aromatic N) is 4. The first-order valence-corrected chi connectivity index (χ1v) is 9.12. The molecule has 0 spiro atoms. The van der Waals surface area contributed by atoms with Crippen LogP contribution in [-0.2, 0) is 11.2 Å². The van der Waals surface area contributed by atoms with Crippen LogP contribution in [0.3, 0.4) is 0 Å². The maximum absolute atomic E-state index is 11.0. The summed E-state index contributed by atoms with van der Waals surface area (Å²) < 4.78 is 1.79. The molecular weight excluding hydrogens is 346 g/mol. The van der Waals surface area contributed by atoms with Crippen molar-refractivity contribution in [1.82, 2.24) is 25.4 Å². The average Bonchev–Trinajstić information content (AvgIpc) is 3.33. The van der Waals surface area contributed by atoms with Gasteiger partial charge in [-0.2, -0.15) is 0 Å². The van der Waals surface area contributed by atoms with Crippen LogP contribution in [0.1, 0.15) is 30.1 Å². The zero-order valence-electron chi connectivity index (χ0n) is 15.1. The highest BCUT2D eigenvalue weighted by molar-refractivity contribution is 5.90. The fourth-order valence-electron chi connectivity index (χ4n) is 3.49. The summed E-state index contributed by atoms with van der Waals surface area (Å²) in [5.74, 6) is -0.615. The summed E-state index contributed by atoms with van der Waals surface area (Å²) >= 11 is 0. The molecule has 1 saturated heterocycles. The predicted molar refractivity (Wildman–Crippen MR) is 99.8 cm³/mol. The number of likely N-dealkylation sites (tertiary alicyclic amines) is 1. The van der Waals surface area contributed by atoms with Crippen molar-refractivity contribution in [1.29, 1.82) is 0 Å². The van der Waals surface area contributed by atoms with E-state index in [2.05, 4.69) is 39.5 Å². The van der Waals surface area contributed by atoms with E-state index in [0.717, 1.165) is 32.4 Å². The molecule has 27 heavy (non-hydrogen) atoms. The number of aromatic nitrogens is 3. The van der Waals surface area contributed by atoms with E-state index in [1.165, 1.54) is 23.2 Å². The molecule has 1 aliphatic rings. The molecule has 2 aromatic rings. The van der Waals surface area contributed by atoms with Crippen molar-refractivity contribution in [2.75, 3.05) is 19.7 Å². The number of hydroxylamine groups is 1. The predicted octanol–water partition coefficient (Wildman–Crippen LogP) is 1.04. The van der Waals surface area contributed by atoms with Gasteiger partial charge in [-0.3, -0.25) is 14.9 Å². The summed E-state index contributed by atoms with van der Waals surface area (Å²) in [5, 5.41) is 26.4. The second-order valence-corrected chi connectivity index (χ2v) is 6.74. The van der Waals surface area contributed by atoms with Crippen LogP contribution in [0.5, 0.6) is 0 Å². The molecule has 144 valence electrons. The Morgan fingerprint density at radius 2 is 2.15 bits per heavy atom. The first kappa shape index (κ1) is 19.2. The van der Waals surface area contributed by atoms with E-state index in [-0.39, 0.29) is 18.7 Å². The minimum absolute atomic E-state index is 0.120. The number of hydrogen-bond acceptors (Lipinski definition) is 6. The number of aliphatic hydroxyl groups excluding tert-OH is 1. The maximum atomic E-state index is 11.0. The first-order valence-electron chi connectivity index (χ1n) is 9.12. The summed E-state index contributed by atoms with van der Waals surface area (Å²) in [4.78, 5) is 13.3. The van der Waals surface area contributed by atoms with E-state index < -0.39 is 5.91 Å². The van der Waals surface area contributed by atoms with Gasteiger partial charge < -0.3 is 5.11 Å². The number of aliphatic hydroxyl groups is 1. The quantitative estimate of drug-likeness (QED) is 0.364. The minimum Gasteiger partial charge on any atom is -0.395 e. The highest BCUT2D eigenvalue weighted by Crippen LogP contribution is 2.27. The Bertz CT molecular complexity index is 762. The number of amides is 1. The van der Waals surface area contributed by atoms with E-state index in [1.54, 1.807) is 10.9 Å². The lowest BCUT2D eigenvalue weighted by atomic mass is 10.1. The largest absolute Gasteiger partial charge is 0.395 e. The molecule has 0 bridgehead atoms.